The highest BCUT2D eigenvalue weighted by atomic mass is 19.2. The Morgan fingerprint density at radius 2 is 0.720 bits per heavy atom. The molecular weight excluding hydrogens is 672 g/mol. The molecule has 0 atom stereocenters. The van der Waals surface area contributed by atoms with E-state index in [0.29, 0.717) is 0 Å². The lowest BCUT2D eigenvalue weighted by Crippen LogP contribution is -2.06. The average Bonchev–Trinajstić information content (AvgIpc) is 3.63. The third-order valence-corrected chi connectivity index (χ3v) is 7.63. The van der Waals surface area contributed by atoms with E-state index < -0.39 is 136 Å². The third kappa shape index (κ3) is 4.22. The SMILES string of the molecule is N#CC(C#N)=C1C(c2cc(F)c(C#N)c(F)c2F)=C(C#N)c2c(F)c3c(c(F)c21)C(C#N)=C(c1cc(F)c(C#N)c(F)c1F)C3=C(C#N)C#N. The van der Waals surface area contributed by atoms with Gasteiger partial charge in [-0.15, -0.1) is 0 Å². The van der Waals surface area contributed by atoms with Crippen molar-refractivity contribution in [3.63, 3.8) is 0 Å². The maximum absolute atomic E-state index is 17.0. The average molecular weight is 674 g/mol. The predicted molar refractivity (Wildman–Crippen MR) is 150 cm³/mol. The number of nitriles is 8. The van der Waals surface area contributed by atoms with E-state index in [1.165, 1.54) is 36.4 Å². The number of fused-ring (bicyclic) bond motifs is 2. The molecule has 3 aromatic rings. The van der Waals surface area contributed by atoms with Crippen molar-refractivity contribution in [3.05, 3.63) is 114 Å². The van der Waals surface area contributed by atoms with E-state index in [0.717, 1.165) is 12.1 Å². The summed E-state index contributed by atoms with van der Waals surface area (Å²) in [6, 6.07) is 10.3. The third-order valence-electron chi connectivity index (χ3n) is 7.63. The Morgan fingerprint density at radius 3 is 0.980 bits per heavy atom. The van der Waals surface area contributed by atoms with Crippen molar-refractivity contribution in [2.75, 3.05) is 0 Å². The summed E-state index contributed by atoms with van der Waals surface area (Å²) in [6.45, 7) is 0. The molecule has 234 valence electrons. The summed E-state index contributed by atoms with van der Waals surface area (Å²) in [7, 11) is 0. The molecule has 8 nitrogen and oxygen atoms in total. The zero-order valence-electron chi connectivity index (χ0n) is 23.8. The summed E-state index contributed by atoms with van der Waals surface area (Å²) in [6.07, 6.45) is 0. The fourth-order valence-electron chi connectivity index (χ4n) is 5.67. The molecule has 0 heterocycles. The van der Waals surface area contributed by atoms with Crippen molar-refractivity contribution in [1.29, 1.82) is 42.1 Å². The van der Waals surface area contributed by atoms with E-state index in [4.69, 9.17) is 10.5 Å². The molecule has 3 aromatic carbocycles. The van der Waals surface area contributed by atoms with Crippen LogP contribution in [0.5, 0.6) is 0 Å². The van der Waals surface area contributed by atoms with E-state index in [9.17, 15) is 49.1 Å². The maximum Gasteiger partial charge on any atom is 0.180 e. The summed E-state index contributed by atoms with van der Waals surface area (Å²) in [4.78, 5) is 0. The molecule has 0 aliphatic heterocycles. The molecule has 5 rings (SSSR count). The first-order valence-electron chi connectivity index (χ1n) is 13.0. The van der Waals surface area contributed by atoms with Gasteiger partial charge >= 0.3 is 0 Å². The van der Waals surface area contributed by atoms with Crippen LogP contribution >= 0.6 is 0 Å². The van der Waals surface area contributed by atoms with Crippen molar-refractivity contribution in [3.8, 4) is 48.6 Å². The molecule has 0 bridgehead atoms. The standard InChI is InChI=1S/C34H2F8N8/c35-19-1-13(29(37)31(39)15(19)7-47)23-17(9-49)25-27(21(23)11(3-43)4-44)34(42)26-18(10-50)24(22(12(5-45)6-46)28(26)33(25)41)14-2-20(36)16(8-48)32(40)30(14)38/h1-2H. The van der Waals surface area contributed by atoms with Crippen LogP contribution in [0.1, 0.15) is 44.5 Å². The quantitative estimate of drug-likeness (QED) is 0.157. The number of nitrogens with zero attached hydrogens (tertiary/aromatic N) is 8. The van der Waals surface area contributed by atoms with Crippen molar-refractivity contribution in [2.24, 2.45) is 0 Å². The molecule has 2 aliphatic rings. The molecule has 2 aliphatic carbocycles. The lowest BCUT2D eigenvalue weighted by atomic mass is 9.88. The van der Waals surface area contributed by atoms with Crippen molar-refractivity contribution >= 4 is 33.4 Å². The molecule has 0 saturated heterocycles. The smallest absolute Gasteiger partial charge is 0.180 e. The van der Waals surface area contributed by atoms with Crippen molar-refractivity contribution in [1.82, 2.24) is 0 Å². The van der Waals surface area contributed by atoms with Gasteiger partial charge in [0.1, 0.15) is 94.1 Å². The fraction of sp³-hybridized carbons (Fsp3) is 0. The van der Waals surface area contributed by atoms with Gasteiger partial charge in [-0.2, -0.15) is 42.1 Å². The zero-order chi connectivity index (χ0) is 36.9. The van der Waals surface area contributed by atoms with Crippen LogP contribution in [0.2, 0.25) is 0 Å². The lowest BCUT2D eigenvalue weighted by Gasteiger charge is -2.14. The van der Waals surface area contributed by atoms with E-state index in [-0.39, 0.29) is 12.1 Å². The van der Waals surface area contributed by atoms with Gasteiger partial charge in [-0.3, -0.25) is 0 Å². The second kappa shape index (κ2) is 12.0. The summed E-state index contributed by atoms with van der Waals surface area (Å²) in [5.41, 5.74) is -19.8. The molecule has 0 N–H and O–H groups in total. The fourth-order valence-corrected chi connectivity index (χ4v) is 5.67. The molecule has 16 heteroatoms. The summed E-state index contributed by atoms with van der Waals surface area (Å²) >= 11 is 0. The second-order valence-corrected chi connectivity index (χ2v) is 9.84. The summed E-state index contributed by atoms with van der Waals surface area (Å²) in [5.74, 6) is -15.6. The minimum Gasteiger partial charge on any atom is -0.206 e. The van der Waals surface area contributed by atoms with Gasteiger partial charge in [0.15, 0.2) is 23.3 Å². The van der Waals surface area contributed by atoms with Crippen molar-refractivity contribution < 1.29 is 35.1 Å². The number of allylic oxidation sites excluding steroid dienone is 8. The first kappa shape index (κ1) is 33.3. The van der Waals surface area contributed by atoms with Gasteiger partial charge in [0.05, 0.1) is 11.1 Å². The van der Waals surface area contributed by atoms with Crippen LogP contribution in [-0.4, -0.2) is 0 Å². The monoisotopic (exact) mass is 674 g/mol. The van der Waals surface area contributed by atoms with Crippen molar-refractivity contribution in [2.45, 2.75) is 0 Å². The Kier molecular flexibility index (Phi) is 7.98. The highest BCUT2D eigenvalue weighted by Gasteiger charge is 2.45. The van der Waals surface area contributed by atoms with Gasteiger partial charge in [0.25, 0.3) is 0 Å². The number of hydrogen-bond donors (Lipinski definition) is 0. The van der Waals surface area contributed by atoms with Crippen LogP contribution in [0.15, 0.2) is 23.3 Å². The van der Waals surface area contributed by atoms with Gasteiger partial charge in [0, 0.05) is 55.7 Å². The highest BCUT2D eigenvalue weighted by Crippen LogP contribution is 2.57. The van der Waals surface area contributed by atoms with E-state index in [2.05, 4.69) is 0 Å². The minimum absolute atomic E-state index is 0.148. The van der Waals surface area contributed by atoms with E-state index in [1.54, 1.807) is 0 Å². The molecule has 0 spiro atoms. The van der Waals surface area contributed by atoms with Crippen LogP contribution in [0.3, 0.4) is 0 Å². The van der Waals surface area contributed by atoms with Gasteiger partial charge in [-0.25, -0.2) is 35.1 Å². The summed E-state index contributed by atoms with van der Waals surface area (Å²) in [5, 5.41) is 77.2. The molecule has 0 amide bonds. The molecule has 0 radical (unpaired) electrons. The predicted octanol–water partition coefficient (Wildman–Crippen LogP) is 7.04. The number of hydrogen-bond acceptors (Lipinski definition) is 8. The Hall–Kier alpha value is -8.02. The Labute approximate surface area is 273 Å². The van der Waals surface area contributed by atoms with Crippen LogP contribution < -0.4 is 0 Å². The molecule has 0 saturated carbocycles. The molecular formula is C34H2F8N8. The topological polar surface area (TPSA) is 190 Å². The largest absolute Gasteiger partial charge is 0.206 e. The normalized spacial score (nSPS) is 12.4. The second-order valence-electron chi connectivity index (χ2n) is 9.84. The van der Waals surface area contributed by atoms with Gasteiger partial charge < -0.3 is 0 Å². The lowest BCUT2D eigenvalue weighted by molar-refractivity contribution is 0.489. The number of halogens is 8. The minimum atomic E-state index is -2.12. The molecule has 0 aromatic heterocycles. The zero-order valence-corrected chi connectivity index (χ0v) is 23.8. The Bertz CT molecular complexity index is 2500. The first-order valence-corrected chi connectivity index (χ1v) is 13.0. The summed E-state index contributed by atoms with van der Waals surface area (Å²) < 4.78 is 124. The van der Waals surface area contributed by atoms with Crippen LogP contribution in [0.4, 0.5) is 35.1 Å². The number of rotatable bonds is 2. The van der Waals surface area contributed by atoms with Crippen LogP contribution in [-0.2, 0) is 0 Å². The van der Waals surface area contributed by atoms with E-state index in [1.807, 2.05) is 0 Å². The van der Waals surface area contributed by atoms with E-state index >= 15 is 17.6 Å². The molecule has 0 fully saturated rings. The van der Waals surface area contributed by atoms with Crippen LogP contribution in [0, 0.1) is 137 Å². The Morgan fingerprint density at radius 1 is 0.400 bits per heavy atom. The highest BCUT2D eigenvalue weighted by molar-refractivity contribution is 6.30. The number of benzene rings is 3. The van der Waals surface area contributed by atoms with Crippen LogP contribution in [0.25, 0.3) is 33.4 Å². The molecule has 0 unspecified atom stereocenters. The maximum atomic E-state index is 17.0. The Balaban J connectivity index is 2.07. The molecule has 50 heavy (non-hydrogen) atoms. The first-order chi connectivity index (χ1) is 23.8. The van der Waals surface area contributed by atoms with Gasteiger partial charge in [0.2, 0.25) is 0 Å². The van der Waals surface area contributed by atoms with Gasteiger partial charge in [-0.05, 0) is 12.1 Å². The van der Waals surface area contributed by atoms with Gasteiger partial charge in [-0.1, -0.05) is 0 Å².